The van der Waals surface area contributed by atoms with Crippen LogP contribution < -0.4 is 17.0 Å². The molecule has 2 aromatic heterocycles. The van der Waals surface area contributed by atoms with Crippen LogP contribution in [0, 0.1) is 0 Å². The average Bonchev–Trinajstić information content (AvgIpc) is 3.18. The summed E-state index contributed by atoms with van der Waals surface area (Å²) < 4.78 is 6.64. The van der Waals surface area contributed by atoms with Crippen molar-refractivity contribution >= 4 is 11.6 Å². The normalized spacial score (nSPS) is 11.1. The first kappa shape index (κ1) is 20.3. The van der Waals surface area contributed by atoms with Crippen molar-refractivity contribution in [3.05, 3.63) is 86.5 Å². The number of rotatable bonds is 9. The summed E-state index contributed by atoms with van der Waals surface area (Å²) in [5.41, 5.74) is 5.48. The molecule has 0 aliphatic carbocycles. The SMILES string of the molecule is CCCn1c(N)c(C(=O)CN(Cc2ccccc2)Cc2ccco2)c(=O)[nH]c1=O. The molecule has 8 heteroatoms. The molecule has 3 N–H and O–H groups in total. The second-order valence-corrected chi connectivity index (χ2v) is 6.80. The Morgan fingerprint density at radius 3 is 2.55 bits per heavy atom. The Kier molecular flexibility index (Phi) is 6.46. The lowest BCUT2D eigenvalue weighted by atomic mass is 10.1. The van der Waals surface area contributed by atoms with Crippen LogP contribution in [0.1, 0.15) is 35.0 Å². The Morgan fingerprint density at radius 2 is 1.90 bits per heavy atom. The molecule has 0 radical (unpaired) electrons. The fraction of sp³-hybridized carbons (Fsp3) is 0.286. The van der Waals surface area contributed by atoms with Crippen LogP contribution >= 0.6 is 0 Å². The molecule has 3 rings (SSSR count). The number of anilines is 1. The van der Waals surface area contributed by atoms with Crippen molar-refractivity contribution in [1.29, 1.82) is 0 Å². The number of hydrogen-bond acceptors (Lipinski definition) is 6. The third-order valence-electron chi connectivity index (χ3n) is 4.54. The monoisotopic (exact) mass is 396 g/mol. The van der Waals surface area contributed by atoms with Gasteiger partial charge in [0.25, 0.3) is 5.56 Å². The molecule has 152 valence electrons. The van der Waals surface area contributed by atoms with Gasteiger partial charge in [-0.2, -0.15) is 0 Å². The maximum absolute atomic E-state index is 13.0. The summed E-state index contributed by atoms with van der Waals surface area (Å²) >= 11 is 0. The number of carbonyl (C=O) groups is 1. The minimum absolute atomic E-state index is 0.0484. The first-order valence-electron chi connectivity index (χ1n) is 9.44. The molecule has 0 spiro atoms. The van der Waals surface area contributed by atoms with E-state index in [1.807, 2.05) is 48.2 Å². The molecule has 1 aromatic carbocycles. The molecule has 29 heavy (non-hydrogen) atoms. The molecule has 0 fully saturated rings. The topological polar surface area (TPSA) is 114 Å². The summed E-state index contributed by atoms with van der Waals surface area (Å²) in [5.74, 6) is 0.158. The molecule has 0 aliphatic rings. The number of benzene rings is 1. The Hall–Kier alpha value is -3.39. The minimum Gasteiger partial charge on any atom is -0.468 e. The van der Waals surface area contributed by atoms with Crippen LogP contribution in [0.4, 0.5) is 5.82 Å². The number of nitrogens with two attached hydrogens (primary N) is 1. The largest absolute Gasteiger partial charge is 0.468 e. The predicted molar refractivity (Wildman–Crippen MR) is 110 cm³/mol. The molecule has 3 aromatic rings. The lowest BCUT2D eigenvalue weighted by Gasteiger charge is -2.21. The van der Waals surface area contributed by atoms with E-state index in [0.717, 1.165) is 5.56 Å². The molecule has 0 amide bonds. The smallest absolute Gasteiger partial charge is 0.329 e. The van der Waals surface area contributed by atoms with Crippen LogP contribution in [0.3, 0.4) is 0 Å². The van der Waals surface area contributed by atoms with E-state index in [0.29, 0.717) is 31.8 Å². The van der Waals surface area contributed by atoms with Crippen LogP contribution in [0.2, 0.25) is 0 Å². The molecule has 0 bridgehead atoms. The number of Topliss-reactive ketones (excluding diaryl/α,β-unsaturated/α-hetero) is 1. The third kappa shape index (κ3) is 4.91. The lowest BCUT2D eigenvalue weighted by Crippen LogP contribution is -2.39. The Balaban J connectivity index is 1.89. The van der Waals surface area contributed by atoms with Gasteiger partial charge in [0.05, 0.1) is 19.4 Å². The van der Waals surface area contributed by atoms with Crippen molar-refractivity contribution in [2.75, 3.05) is 12.3 Å². The summed E-state index contributed by atoms with van der Waals surface area (Å²) in [6.07, 6.45) is 2.21. The lowest BCUT2D eigenvalue weighted by molar-refractivity contribution is 0.0913. The van der Waals surface area contributed by atoms with Crippen molar-refractivity contribution in [1.82, 2.24) is 14.5 Å². The van der Waals surface area contributed by atoms with Gasteiger partial charge in [0, 0.05) is 13.1 Å². The van der Waals surface area contributed by atoms with Crippen LogP contribution in [0.25, 0.3) is 0 Å². The number of carbonyl (C=O) groups excluding carboxylic acids is 1. The number of ketones is 1. The Morgan fingerprint density at radius 1 is 1.14 bits per heavy atom. The number of nitrogens with one attached hydrogen (secondary N) is 1. The number of furan rings is 1. The van der Waals surface area contributed by atoms with Gasteiger partial charge in [0.15, 0.2) is 5.78 Å². The second-order valence-electron chi connectivity index (χ2n) is 6.80. The van der Waals surface area contributed by atoms with Gasteiger partial charge in [0.1, 0.15) is 17.1 Å². The Bertz CT molecular complexity index is 1070. The van der Waals surface area contributed by atoms with Gasteiger partial charge in [-0.05, 0) is 24.1 Å². The fourth-order valence-corrected chi connectivity index (χ4v) is 3.22. The zero-order valence-electron chi connectivity index (χ0n) is 16.3. The molecular formula is C21H24N4O4. The molecular weight excluding hydrogens is 372 g/mol. The van der Waals surface area contributed by atoms with E-state index in [-0.39, 0.29) is 17.9 Å². The van der Waals surface area contributed by atoms with E-state index in [9.17, 15) is 14.4 Å². The highest BCUT2D eigenvalue weighted by Crippen LogP contribution is 2.13. The van der Waals surface area contributed by atoms with Gasteiger partial charge < -0.3 is 10.2 Å². The summed E-state index contributed by atoms with van der Waals surface area (Å²) in [6.45, 7) is 3.03. The van der Waals surface area contributed by atoms with Gasteiger partial charge in [-0.3, -0.25) is 24.0 Å². The number of H-pyrrole nitrogens is 1. The maximum Gasteiger partial charge on any atom is 0.329 e. The fourth-order valence-electron chi connectivity index (χ4n) is 3.22. The summed E-state index contributed by atoms with van der Waals surface area (Å²) in [5, 5.41) is 0. The molecule has 0 unspecified atom stereocenters. The van der Waals surface area contributed by atoms with E-state index >= 15 is 0 Å². The van der Waals surface area contributed by atoms with Crippen LogP contribution in [-0.4, -0.2) is 26.8 Å². The first-order valence-corrected chi connectivity index (χ1v) is 9.44. The average molecular weight is 396 g/mol. The number of hydrogen-bond donors (Lipinski definition) is 2. The van der Waals surface area contributed by atoms with Crippen molar-refractivity contribution in [2.45, 2.75) is 33.0 Å². The quantitative estimate of drug-likeness (QED) is 0.535. The predicted octanol–water partition coefficient (Wildman–Crippen LogP) is 2.01. The second kappa shape index (κ2) is 9.20. The highest BCUT2D eigenvalue weighted by Gasteiger charge is 2.22. The van der Waals surface area contributed by atoms with Gasteiger partial charge in [0.2, 0.25) is 0 Å². The highest BCUT2D eigenvalue weighted by molar-refractivity contribution is 6.01. The zero-order valence-corrected chi connectivity index (χ0v) is 16.3. The van der Waals surface area contributed by atoms with E-state index in [4.69, 9.17) is 10.2 Å². The van der Waals surface area contributed by atoms with E-state index in [1.54, 1.807) is 12.3 Å². The molecule has 2 heterocycles. The number of nitrogen functional groups attached to an aromatic ring is 1. The highest BCUT2D eigenvalue weighted by atomic mass is 16.3. The third-order valence-corrected chi connectivity index (χ3v) is 4.54. The van der Waals surface area contributed by atoms with Crippen molar-refractivity contribution < 1.29 is 9.21 Å². The van der Waals surface area contributed by atoms with E-state index < -0.39 is 17.0 Å². The molecule has 0 aliphatic heterocycles. The summed E-state index contributed by atoms with van der Waals surface area (Å²) in [6, 6.07) is 13.3. The van der Waals surface area contributed by atoms with Crippen LogP contribution in [-0.2, 0) is 19.6 Å². The number of aromatic amines is 1. The van der Waals surface area contributed by atoms with Crippen molar-refractivity contribution in [3.8, 4) is 0 Å². The maximum atomic E-state index is 13.0. The van der Waals surface area contributed by atoms with Gasteiger partial charge in [-0.1, -0.05) is 37.3 Å². The number of nitrogens with zero attached hydrogens (tertiary/aromatic N) is 2. The minimum atomic E-state index is -0.762. The van der Waals surface area contributed by atoms with Gasteiger partial charge >= 0.3 is 5.69 Å². The first-order chi connectivity index (χ1) is 14.0. The van der Waals surface area contributed by atoms with E-state index in [1.165, 1.54) is 4.57 Å². The van der Waals surface area contributed by atoms with Gasteiger partial charge in [-0.25, -0.2) is 4.79 Å². The number of aromatic nitrogens is 2. The van der Waals surface area contributed by atoms with Crippen LogP contribution in [0.5, 0.6) is 0 Å². The van der Waals surface area contributed by atoms with Crippen molar-refractivity contribution in [2.24, 2.45) is 0 Å². The molecule has 0 saturated heterocycles. The van der Waals surface area contributed by atoms with Crippen molar-refractivity contribution in [3.63, 3.8) is 0 Å². The van der Waals surface area contributed by atoms with Crippen LogP contribution in [0.15, 0.2) is 62.7 Å². The molecule has 8 nitrogen and oxygen atoms in total. The summed E-state index contributed by atoms with van der Waals surface area (Å²) in [7, 11) is 0. The zero-order chi connectivity index (χ0) is 20.8. The molecule has 0 saturated carbocycles. The molecule has 0 atom stereocenters. The van der Waals surface area contributed by atoms with Gasteiger partial charge in [-0.15, -0.1) is 0 Å². The standard InChI is InChI=1S/C21H24N4O4/c1-2-10-25-19(22)18(20(27)23-21(25)28)17(26)14-24(13-16-9-6-11-29-16)12-15-7-4-3-5-8-15/h3-9,11H,2,10,12-14,22H2,1H3,(H,23,27,28). The Labute approximate surface area is 167 Å². The summed E-state index contributed by atoms with van der Waals surface area (Å²) in [4.78, 5) is 41.4. The van der Waals surface area contributed by atoms with E-state index in [2.05, 4.69) is 4.98 Å².